The van der Waals surface area contributed by atoms with E-state index in [1.807, 2.05) is 11.8 Å². The maximum atomic E-state index is 2.31. The third-order valence-electron chi connectivity index (χ3n) is 3.39. The summed E-state index contributed by atoms with van der Waals surface area (Å²) < 4.78 is 0. The molecule has 0 fully saturated rings. The molecule has 0 N–H and O–H groups in total. The van der Waals surface area contributed by atoms with E-state index in [0.29, 0.717) is 12.5 Å². The van der Waals surface area contributed by atoms with Crippen LogP contribution in [-0.2, 0) is 0 Å². The molecule has 0 aliphatic carbocycles. The molecule has 2 aromatic rings. The molecule has 84 valence electrons. The minimum atomic E-state index is 0.545. The van der Waals surface area contributed by atoms with Crippen molar-refractivity contribution in [2.45, 2.75) is 29.5 Å². The zero-order chi connectivity index (χ0) is 11.8. The maximum absolute atomic E-state index is 2.31. The minimum Gasteiger partial charge on any atom is -0.0912 e. The van der Waals surface area contributed by atoms with Crippen LogP contribution in [0.1, 0.15) is 13.8 Å². The van der Waals surface area contributed by atoms with Crippen molar-refractivity contribution in [3.05, 3.63) is 48.5 Å². The van der Waals surface area contributed by atoms with Crippen molar-refractivity contribution in [3.63, 3.8) is 0 Å². The van der Waals surface area contributed by atoms with Crippen molar-refractivity contribution in [3.8, 4) is 0 Å². The Bertz CT molecular complexity index is 503. The molecule has 2 heteroatoms. The predicted octanol–water partition coefficient (Wildman–Crippen LogP) is 3.17. The van der Waals surface area contributed by atoms with Gasteiger partial charge in [0.15, 0.2) is 0 Å². The minimum absolute atomic E-state index is 0.545. The zero-order valence-corrected chi connectivity index (χ0v) is 11.0. The highest BCUT2D eigenvalue weighted by molar-refractivity contribution is 8.00. The van der Waals surface area contributed by atoms with E-state index < -0.39 is 0 Å². The number of fused-ring (bicyclic) bond motifs is 2. The molecule has 0 saturated carbocycles. The van der Waals surface area contributed by atoms with E-state index in [4.69, 9.17) is 0 Å². The van der Waals surface area contributed by atoms with Gasteiger partial charge in [-0.1, -0.05) is 78.8 Å². The number of rotatable bonds is 1. The van der Waals surface area contributed by atoms with E-state index in [1.54, 1.807) is 0 Å². The summed E-state index contributed by atoms with van der Waals surface area (Å²) in [6.07, 6.45) is 0. The van der Waals surface area contributed by atoms with Gasteiger partial charge in [-0.3, -0.25) is 0 Å². The predicted molar refractivity (Wildman–Crippen MR) is 77.1 cm³/mol. The van der Waals surface area contributed by atoms with Crippen LogP contribution in [0.25, 0.3) is 0 Å². The highest BCUT2D eigenvalue weighted by Crippen LogP contribution is 2.31. The van der Waals surface area contributed by atoms with Crippen LogP contribution in [0, 0.1) is 0 Å². The first-order valence-corrected chi connectivity index (χ1v) is 6.94. The van der Waals surface area contributed by atoms with Gasteiger partial charge in [-0.05, 0) is 12.1 Å². The van der Waals surface area contributed by atoms with Gasteiger partial charge in [0.25, 0.3) is 0 Å². The Kier molecular flexibility index (Phi) is 2.75. The summed E-state index contributed by atoms with van der Waals surface area (Å²) in [5.74, 6) is 0.637. The van der Waals surface area contributed by atoms with Crippen LogP contribution in [0.2, 0.25) is 5.82 Å². The summed E-state index contributed by atoms with van der Waals surface area (Å²) >= 11 is 1.90. The van der Waals surface area contributed by atoms with Crippen molar-refractivity contribution in [2.75, 3.05) is 0 Å². The van der Waals surface area contributed by atoms with Crippen molar-refractivity contribution in [2.24, 2.45) is 0 Å². The van der Waals surface area contributed by atoms with E-state index in [2.05, 4.69) is 62.4 Å². The molecule has 0 aromatic heterocycles. The molecule has 0 nitrogen and oxygen atoms in total. The Morgan fingerprint density at radius 3 is 1.76 bits per heavy atom. The molecule has 0 spiro atoms. The Labute approximate surface area is 108 Å². The van der Waals surface area contributed by atoms with Crippen LogP contribution in [0.15, 0.2) is 58.3 Å². The van der Waals surface area contributed by atoms with Gasteiger partial charge in [0.1, 0.15) is 0 Å². The molecular formula is C15H15BS. The van der Waals surface area contributed by atoms with Crippen LogP contribution in [0.4, 0.5) is 0 Å². The molecule has 1 heterocycles. The van der Waals surface area contributed by atoms with Gasteiger partial charge in [0.2, 0.25) is 6.71 Å². The van der Waals surface area contributed by atoms with E-state index >= 15 is 0 Å². The molecule has 2 aromatic carbocycles. The normalized spacial score (nSPS) is 13.5. The lowest BCUT2D eigenvalue weighted by Crippen LogP contribution is -2.48. The summed E-state index contributed by atoms with van der Waals surface area (Å²) in [7, 11) is 0. The average molecular weight is 238 g/mol. The first-order valence-electron chi connectivity index (χ1n) is 6.13. The maximum Gasteiger partial charge on any atom is 0.214 e. The van der Waals surface area contributed by atoms with Crippen LogP contribution in [0.5, 0.6) is 0 Å². The fourth-order valence-corrected chi connectivity index (χ4v) is 3.82. The summed E-state index contributed by atoms with van der Waals surface area (Å²) in [5.41, 5.74) is 2.98. The summed E-state index contributed by atoms with van der Waals surface area (Å²) in [6.45, 7) is 5.17. The standard InChI is InChI=1S/C15H15BS/c1-11(2)16-12-7-3-5-9-14(12)17-15-10-6-4-8-13(15)16/h3-11H,1-2H3. The summed E-state index contributed by atoms with van der Waals surface area (Å²) in [6, 6.07) is 17.6. The van der Waals surface area contributed by atoms with Crippen molar-refractivity contribution < 1.29 is 0 Å². The van der Waals surface area contributed by atoms with Gasteiger partial charge in [0, 0.05) is 9.79 Å². The molecule has 1 aliphatic heterocycles. The van der Waals surface area contributed by atoms with Crippen LogP contribution < -0.4 is 10.9 Å². The van der Waals surface area contributed by atoms with Gasteiger partial charge >= 0.3 is 0 Å². The second kappa shape index (κ2) is 4.27. The largest absolute Gasteiger partial charge is 0.214 e. The highest BCUT2D eigenvalue weighted by Gasteiger charge is 2.31. The highest BCUT2D eigenvalue weighted by atomic mass is 32.2. The van der Waals surface area contributed by atoms with E-state index in [9.17, 15) is 0 Å². The Hall–Kier alpha value is -1.15. The van der Waals surface area contributed by atoms with Crippen molar-refractivity contribution in [1.82, 2.24) is 0 Å². The molecule has 0 bridgehead atoms. The third-order valence-corrected chi connectivity index (χ3v) is 4.58. The smallest absolute Gasteiger partial charge is 0.0912 e. The SMILES string of the molecule is CC(C)B1c2ccccc2Sc2ccccc21. The quantitative estimate of drug-likeness (QED) is 0.687. The first kappa shape index (κ1) is 11.0. The Balaban J connectivity index is 2.21. The number of benzene rings is 2. The van der Waals surface area contributed by atoms with Crippen molar-refractivity contribution >= 4 is 29.4 Å². The molecule has 0 unspecified atom stereocenters. The van der Waals surface area contributed by atoms with Gasteiger partial charge in [-0.2, -0.15) is 0 Å². The average Bonchev–Trinajstić information content (AvgIpc) is 2.35. The molecule has 0 amide bonds. The lowest BCUT2D eigenvalue weighted by Gasteiger charge is -2.27. The number of hydrogen-bond donors (Lipinski definition) is 0. The Morgan fingerprint density at radius 2 is 1.29 bits per heavy atom. The van der Waals surface area contributed by atoms with Gasteiger partial charge in [0.05, 0.1) is 0 Å². The monoisotopic (exact) mass is 238 g/mol. The van der Waals surface area contributed by atoms with Gasteiger partial charge in [-0.25, -0.2) is 0 Å². The van der Waals surface area contributed by atoms with Crippen LogP contribution in [0.3, 0.4) is 0 Å². The van der Waals surface area contributed by atoms with E-state index in [1.165, 1.54) is 20.7 Å². The van der Waals surface area contributed by atoms with Gasteiger partial charge in [-0.15, -0.1) is 0 Å². The zero-order valence-electron chi connectivity index (χ0n) is 10.2. The summed E-state index contributed by atoms with van der Waals surface area (Å²) in [4.78, 5) is 2.84. The van der Waals surface area contributed by atoms with Gasteiger partial charge < -0.3 is 0 Å². The second-order valence-electron chi connectivity index (χ2n) is 4.90. The molecule has 0 radical (unpaired) electrons. The molecular weight excluding hydrogens is 223 g/mol. The third kappa shape index (κ3) is 1.81. The summed E-state index contributed by atoms with van der Waals surface area (Å²) in [5, 5.41) is 0. The second-order valence-corrected chi connectivity index (χ2v) is 5.98. The topological polar surface area (TPSA) is 0 Å². The molecule has 1 aliphatic rings. The van der Waals surface area contributed by atoms with Crippen LogP contribution >= 0.6 is 11.8 Å². The lowest BCUT2D eigenvalue weighted by molar-refractivity contribution is 1.05. The first-order chi connectivity index (χ1) is 8.27. The van der Waals surface area contributed by atoms with E-state index in [-0.39, 0.29) is 0 Å². The fraction of sp³-hybridized carbons (Fsp3) is 0.200. The molecule has 0 atom stereocenters. The fourth-order valence-electron chi connectivity index (χ4n) is 2.67. The molecule has 17 heavy (non-hydrogen) atoms. The van der Waals surface area contributed by atoms with Crippen LogP contribution in [-0.4, -0.2) is 6.71 Å². The molecule has 0 saturated heterocycles. The van der Waals surface area contributed by atoms with Crippen molar-refractivity contribution in [1.29, 1.82) is 0 Å². The van der Waals surface area contributed by atoms with E-state index in [0.717, 1.165) is 0 Å². The molecule has 3 rings (SSSR count). The Morgan fingerprint density at radius 1 is 0.824 bits per heavy atom. The lowest BCUT2D eigenvalue weighted by atomic mass is 9.34. The number of hydrogen-bond acceptors (Lipinski definition) is 1.